The number of nitrogens with zero attached hydrogens (tertiary/aromatic N) is 1. The minimum absolute atomic E-state index is 0.715. The Bertz CT molecular complexity index is 405. The topological polar surface area (TPSA) is 15.3 Å². The zero-order valence-electron chi connectivity index (χ0n) is 9.54. The fraction of sp³-hybridized carbons (Fsp3) is 0.538. The van der Waals surface area contributed by atoms with Crippen LogP contribution in [0.3, 0.4) is 0 Å². The normalized spacial score (nSPS) is 29.1. The Morgan fingerprint density at radius 3 is 3.19 bits per heavy atom. The first kappa shape index (κ1) is 10.6. The van der Waals surface area contributed by atoms with Gasteiger partial charge in [-0.2, -0.15) is 0 Å². The first-order chi connectivity index (χ1) is 7.75. The summed E-state index contributed by atoms with van der Waals surface area (Å²) in [5, 5.41) is 3.58. The summed E-state index contributed by atoms with van der Waals surface area (Å²) < 4.78 is 1.21. The van der Waals surface area contributed by atoms with Gasteiger partial charge in [0.2, 0.25) is 0 Å². The van der Waals surface area contributed by atoms with Gasteiger partial charge >= 0.3 is 0 Å². The van der Waals surface area contributed by atoms with Crippen molar-refractivity contribution in [3.05, 3.63) is 28.2 Å². The molecule has 2 heterocycles. The van der Waals surface area contributed by atoms with Crippen LogP contribution in [0.15, 0.2) is 22.7 Å². The van der Waals surface area contributed by atoms with Crippen molar-refractivity contribution >= 4 is 21.6 Å². The van der Waals surface area contributed by atoms with E-state index in [-0.39, 0.29) is 0 Å². The van der Waals surface area contributed by atoms with Crippen LogP contribution in [0.4, 0.5) is 5.69 Å². The van der Waals surface area contributed by atoms with Crippen molar-refractivity contribution in [2.45, 2.75) is 12.3 Å². The molecule has 0 spiro atoms. The predicted octanol–water partition coefficient (Wildman–Crippen LogP) is 2.91. The Morgan fingerprint density at radius 1 is 1.44 bits per heavy atom. The van der Waals surface area contributed by atoms with Crippen molar-refractivity contribution in [3.63, 3.8) is 0 Å². The second-order valence-corrected chi connectivity index (χ2v) is 5.86. The van der Waals surface area contributed by atoms with Gasteiger partial charge in [-0.1, -0.05) is 12.1 Å². The lowest BCUT2D eigenvalue weighted by Gasteiger charge is -2.41. The summed E-state index contributed by atoms with van der Waals surface area (Å²) in [5.74, 6) is 1.53. The maximum atomic E-state index is 3.64. The standard InChI is InChI=1S/C13H17BrN2/c1-16-6-5-9-7-15-13-10(11(9)8-16)3-2-4-12(13)14/h2-4,9,11,15H,5-8H2,1H3. The molecule has 1 fully saturated rings. The number of likely N-dealkylation sites (tertiary alicyclic amines) is 1. The number of likely N-dealkylation sites (N-methyl/N-ethyl adjacent to an activating group) is 1. The van der Waals surface area contributed by atoms with Crippen LogP contribution in [0.25, 0.3) is 0 Å². The summed E-state index contributed by atoms with van der Waals surface area (Å²) in [6.07, 6.45) is 1.32. The first-order valence-electron chi connectivity index (χ1n) is 5.96. The lowest BCUT2D eigenvalue weighted by Crippen LogP contribution is -2.41. The van der Waals surface area contributed by atoms with Gasteiger partial charge in [0, 0.05) is 23.5 Å². The summed E-state index contributed by atoms with van der Waals surface area (Å²) in [5.41, 5.74) is 2.82. The van der Waals surface area contributed by atoms with E-state index in [0.717, 1.165) is 12.5 Å². The van der Waals surface area contributed by atoms with E-state index in [1.54, 1.807) is 0 Å². The number of halogens is 1. The van der Waals surface area contributed by atoms with Crippen LogP contribution in [0, 0.1) is 5.92 Å². The lowest BCUT2D eigenvalue weighted by molar-refractivity contribution is 0.192. The average Bonchev–Trinajstić information content (AvgIpc) is 2.29. The summed E-state index contributed by atoms with van der Waals surface area (Å²) in [6.45, 7) is 3.58. The van der Waals surface area contributed by atoms with Crippen molar-refractivity contribution in [2.24, 2.45) is 5.92 Å². The Hall–Kier alpha value is -0.540. The molecule has 3 heteroatoms. The number of piperidine rings is 1. The number of para-hydroxylation sites is 1. The van der Waals surface area contributed by atoms with Crippen LogP contribution in [-0.2, 0) is 0 Å². The van der Waals surface area contributed by atoms with Crippen LogP contribution in [-0.4, -0.2) is 31.6 Å². The summed E-state index contributed by atoms with van der Waals surface area (Å²) >= 11 is 3.64. The molecule has 86 valence electrons. The Labute approximate surface area is 105 Å². The number of benzene rings is 1. The third kappa shape index (κ3) is 1.66. The molecule has 1 aromatic rings. The number of rotatable bonds is 0. The highest BCUT2D eigenvalue weighted by atomic mass is 79.9. The molecular formula is C13H17BrN2. The van der Waals surface area contributed by atoms with Crippen LogP contribution in [0.5, 0.6) is 0 Å². The zero-order chi connectivity index (χ0) is 11.1. The van der Waals surface area contributed by atoms with E-state index >= 15 is 0 Å². The van der Waals surface area contributed by atoms with Gasteiger partial charge in [-0.05, 0) is 53.5 Å². The van der Waals surface area contributed by atoms with Gasteiger partial charge in [-0.25, -0.2) is 0 Å². The third-order valence-electron chi connectivity index (χ3n) is 3.95. The fourth-order valence-corrected chi connectivity index (χ4v) is 3.55. The molecular weight excluding hydrogens is 264 g/mol. The number of hydrogen-bond acceptors (Lipinski definition) is 2. The second kappa shape index (κ2) is 4.04. The molecule has 2 aliphatic rings. The van der Waals surface area contributed by atoms with Crippen molar-refractivity contribution in [1.29, 1.82) is 0 Å². The van der Waals surface area contributed by atoms with E-state index < -0.39 is 0 Å². The fourth-order valence-electron chi connectivity index (χ4n) is 3.03. The van der Waals surface area contributed by atoms with Crippen LogP contribution >= 0.6 is 15.9 Å². The highest BCUT2D eigenvalue weighted by Crippen LogP contribution is 2.42. The molecule has 2 aliphatic heterocycles. The van der Waals surface area contributed by atoms with Gasteiger partial charge in [0.15, 0.2) is 0 Å². The number of hydrogen-bond donors (Lipinski definition) is 1. The molecule has 2 unspecified atom stereocenters. The molecule has 0 amide bonds. The quantitative estimate of drug-likeness (QED) is 0.786. The summed E-state index contributed by atoms with van der Waals surface area (Å²) in [4.78, 5) is 2.46. The van der Waals surface area contributed by atoms with Crippen molar-refractivity contribution in [3.8, 4) is 0 Å². The minimum atomic E-state index is 0.715. The number of fused-ring (bicyclic) bond motifs is 3. The molecule has 0 bridgehead atoms. The lowest BCUT2D eigenvalue weighted by atomic mass is 9.78. The van der Waals surface area contributed by atoms with Crippen molar-refractivity contribution in [2.75, 3.05) is 32.0 Å². The molecule has 16 heavy (non-hydrogen) atoms. The van der Waals surface area contributed by atoms with Gasteiger partial charge in [-0.3, -0.25) is 0 Å². The molecule has 3 rings (SSSR count). The number of anilines is 1. The molecule has 1 saturated heterocycles. The number of nitrogens with one attached hydrogen (secondary N) is 1. The molecule has 0 radical (unpaired) electrons. The zero-order valence-corrected chi connectivity index (χ0v) is 11.1. The largest absolute Gasteiger partial charge is 0.384 e. The van der Waals surface area contributed by atoms with E-state index in [9.17, 15) is 0 Å². The van der Waals surface area contributed by atoms with Crippen LogP contribution in [0.2, 0.25) is 0 Å². The highest BCUT2D eigenvalue weighted by Gasteiger charge is 2.33. The Kier molecular flexibility index (Phi) is 2.68. The van der Waals surface area contributed by atoms with Gasteiger partial charge in [0.05, 0.1) is 5.69 Å². The second-order valence-electron chi connectivity index (χ2n) is 5.00. The first-order valence-corrected chi connectivity index (χ1v) is 6.76. The van der Waals surface area contributed by atoms with E-state index in [4.69, 9.17) is 0 Å². The predicted molar refractivity (Wildman–Crippen MR) is 71.0 cm³/mol. The molecule has 2 atom stereocenters. The molecule has 1 aromatic carbocycles. The van der Waals surface area contributed by atoms with Crippen molar-refractivity contribution in [1.82, 2.24) is 4.90 Å². The van der Waals surface area contributed by atoms with Crippen molar-refractivity contribution < 1.29 is 0 Å². The van der Waals surface area contributed by atoms with Gasteiger partial charge in [0.1, 0.15) is 0 Å². The van der Waals surface area contributed by atoms with E-state index in [0.29, 0.717) is 5.92 Å². The van der Waals surface area contributed by atoms with Crippen LogP contribution < -0.4 is 5.32 Å². The van der Waals surface area contributed by atoms with E-state index in [1.165, 1.54) is 35.2 Å². The summed E-state index contributed by atoms with van der Waals surface area (Å²) in [7, 11) is 2.23. The minimum Gasteiger partial charge on any atom is -0.384 e. The molecule has 2 nitrogen and oxygen atoms in total. The smallest absolute Gasteiger partial charge is 0.0520 e. The van der Waals surface area contributed by atoms with Gasteiger partial charge in [0.25, 0.3) is 0 Å². The highest BCUT2D eigenvalue weighted by molar-refractivity contribution is 9.10. The maximum absolute atomic E-state index is 3.64. The maximum Gasteiger partial charge on any atom is 0.0520 e. The van der Waals surface area contributed by atoms with Gasteiger partial charge < -0.3 is 10.2 Å². The van der Waals surface area contributed by atoms with E-state index in [1.807, 2.05) is 0 Å². The SMILES string of the molecule is CN1CCC2CNc3c(Br)cccc3C2C1. The molecule has 0 aromatic heterocycles. The molecule has 0 saturated carbocycles. The average molecular weight is 281 g/mol. The van der Waals surface area contributed by atoms with E-state index in [2.05, 4.69) is 51.4 Å². The Balaban J connectivity index is 2.00. The Morgan fingerprint density at radius 2 is 2.31 bits per heavy atom. The van der Waals surface area contributed by atoms with Gasteiger partial charge in [-0.15, -0.1) is 0 Å². The molecule has 0 aliphatic carbocycles. The third-order valence-corrected chi connectivity index (χ3v) is 4.61. The monoisotopic (exact) mass is 280 g/mol. The van der Waals surface area contributed by atoms with Crippen LogP contribution in [0.1, 0.15) is 17.9 Å². The summed E-state index contributed by atoms with van der Waals surface area (Å²) in [6, 6.07) is 6.56. The molecule has 1 N–H and O–H groups in total.